The van der Waals surface area contributed by atoms with Crippen molar-refractivity contribution in [2.75, 3.05) is 14.2 Å². The molecule has 0 atom stereocenters. The molecule has 0 aliphatic carbocycles. The highest BCUT2D eigenvalue weighted by Gasteiger charge is 2.18. The van der Waals surface area contributed by atoms with Crippen LogP contribution < -0.4 is 14.8 Å². The van der Waals surface area contributed by atoms with Crippen molar-refractivity contribution in [1.29, 1.82) is 0 Å². The van der Waals surface area contributed by atoms with E-state index < -0.39 is 0 Å². The van der Waals surface area contributed by atoms with Gasteiger partial charge in [-0.15, -0.1) is 0 Å². The summed E-state index contributed by atoms with van der Waals surface area (Å²) in [5.41, 5.74) is 2.89. The van der Waals surface area contributed by atoms with E-state index in [-0.39, 0.29) is 12.5 Å². The molecule has 0 spiro atoms. The third-order valence-corrected chi connectivity index (χ3v) is 4.64. The standard InChI is InChI=1S/C20H19ClN4O3/c1-5-18(26)24-10-17-23-8-12-6-13(22-9-14(12)25-17)19-11(2)15(27-3)7-16(28-4)20(19)21/h5-9H,1,10H2,2-4H3,(H,24,26). The first-order chi connectivity index (χ1) is 13.5. The molecular weight excluding hydrogens is 380 g/mol. The monoisotopic (exact) mass is 398 g/mol. The summed E-state index contributed by atoms with van der Waals surface area (Å²) in [6, 6.07) is 3.60. The van der Waals surface area contributed by atoms with Crippen LogP contribution in [0.1, 0.15) is 11.4 Å². The van der Waals surface area contributed by atoms with Gasteiger partial charge < -0.3 is 14.8 Å². The summed E-state index contributed by atoms with van der Waals surface area (Å²) < 4.78 is 10.8. The zero-order valence-electron chi connectivity index (χ0n) is 15.7. The number of benzene rings is 1. The van der Waals surface area contributed by atoms with Crippen molar-refractivity contribution in [1.82, 2.24) is 20.3 Å². The van der Waals surface area contributed by atoms with Crippen LogP contribution in [0.25, 0.3) is 22.2 Å². The normalized spacial score (nSPS) is 10.6. The van der Waals surface area contributed by atoms with Crippen molar-refractivity contribution >= 4 is 28.4 Å². The second-order valence-corrected chi connectivity index (χ2v) is 6.31. The Morgan fingerprint density at radius 3 is 2.64 bits per heavy atom. The first-order valence-electron chi connectivity index (χ1n) is 8.41. The van der Waals surface area contributed by atoms with Crippen LogP contribution in [-0.4, -0.2) is 35.1 Å². The number of nitrogens with one attached hydrogen (secondary N) is 1. The minimum absolute atomic E-state index is 0.209. The third kappa shape index (κ3) is 3.75. The number of hydrogen-bond donors (Lipinski definition) is 1. The van der Waals surface area contributed by atoms with Crippen LogP contribution in [0.3, 0.4) is 0 Å². The molecule has 2 aromatic heterocycles. The van der Waals surface area contributed by atoms with Gasteiger partial charge in [-0.2, -0.15) is 0 Å². The molecule has 0 bridgehead atoms. The number of pyridine rings is 1. The van der Waals surface area contributed by atoms with E-state index in [0.717, 1.165) is 16.5 Å². The second kappa shape index (κ2) is 8.22. The van der Waals surface area contributed by atoms with Crippen molar-refractivity contribution in [3.8, 4) is 22.8 Å². The Labute approximate surface area is 167 Å². The first-order valence-corrected chi connectivity index (χ1v) is 8.79. The van der Waals surface area contributed by atoms with Crippen molar-refractivity contribution in [3.05, 3.63) is 53.6 Å². The summed E-state index contributed by atoms with van der Waals surface area (Å²) in [5.74, 6) is 1.36. The molecule has 2 heterocycles. The number of halogens is 1. The Morgan fingerprint density at radius 1 is 1.21 bits per heavy atom. The lowest BCUT2D eigenvalue weighted by molar-refractivity contribution is -0.116. The number of carbonyl (C=O) groups is 1. The predicted molar refractivity (Wildman–Crippen MR) is 108 cm³/mol. The molecule has 1 N–H and O–H groups in total. The van der Waals surface area contributed by atoms with E-state index >= 15 is 0 Å². The van der Waals surface area contributed by atoms with Crippen LogP contribution >= 0.6 is 11.6 Å². The van der Waals surface area contributed by atoms with Crippen LogP contribution in [0.2, 0.25) is 5.02 Å². The van der Waals surface area contributed by atoms with Gasteiger partial charge >= 0.3 is 0 Å². The van der Waals surface area contributed by atoms with Crippen LogP contribution in [0.4, 0.5) is 0 Å². The molecule has 0 saturated carbocycles. The highest BCUT2D eigenvalue weighted by Crippen LogP contribution is 2.42. The molecule has 28 heavy (non-hydrogen) atoms. The minimum Gasteiger partial charge on any atom is -0.496 e. The van der Waals surface area contributed by atoms with Crippen molar-refractivity contribution in [3.63, 3.8) is 0 Å². The van der Waals surface area contributed by atoms with Crippen molar-refractivity contribution < 1.29 is 14.3 Å². The van der Waals surface area contributed by atoms with Gasteiger partial charge in [-0.3, -0.25) is 9.78 Å². The number of hydrogen-bond acceptors (Lipinski definition) is 6. The molecule has 3 rings (SSSR count). The molecule has 0 saturated heterocycles. The number of nitrogens with zero attached hydrogens (tertiary/aromatic N) is 3. The Bertz CT molecular complexity index is 1040. The molecule has 0 fully saturated rings. The number of amides is 1. The van der Waals surface area contributed by atoms with E-state index in [1.807, 2.05) is 13.0 Å². The minimum atomic E-state index is -0.283. The van der Waals surface area contributed by atoms with E-state index in [4.69, 9.17) is 21.1 Å². The fraction of sp³-hybridized carbons (Fsp3) is 0.200. The lowest BCUT2D eigenvalue weighted by Crippen LogP contribution is -2.21. The maximum absolute atomic E-state index is 11.3. The molecule has 0 aliphatic heterocycles. The zero-order valence-corrected chi connectivity index (χ0v) is 16.5. The van der Waals surface area contributed by atoms with Crippen LogP contribution in [0, 0.1) is 6.92 Å². The number of carbonyl (C=O) groups excluding carboxylic acids is 1. The number of aromatic nitrogens is 3. The maximum Gasteiger partial charge on any atom is 0.243 e. The summed E-state index contributed by atoms with van der Waals surface area (Å²) in [6.07, 6.45) is 4.53. The fourth-order valence-electron chi connectivity index (χ4n) is 2.80. The average Bonchev–Trinajstić information content (AvgIpc) is 2.72. The van der Waals surface area contributed by atoms with E-state index in [2.05, 4.69) is 26.8 Å². The van der Waals surface area contributed by atoms with Gasteiger partial charge in [-0.25, -0.2) is 9.97 Å². The Balaban J connectivity index is 2.04. The van der Waals surface area contributed by atoms with Crippen LogP contribution in [0.15, 0.2) is 37.2 Å². The van der Waals surface area contributed by atoms with Gasteiger partial charge in [0.1, 0.15) is 17.3 Å². The molecule has 8 heteroatoms. The Morgan fingerprint density at radius 2 is 1.96 bits per heavy atom. The Hall–Kier alpha value is -3.19. The van der Waals surface area contributed by atoms with Gasteiger partial charge in [-0.1, -0.05) is 18.2 Å². The van der Waals surface area contributed by atoms with Crippen LogP contribution in [0.5, 0.6) is 11.5 Å². The van der Waals surface area contributed by atoms with E-state index in [9.17, 15) is 4.79 Å². The molecule has 144 valence electrons. The summed E-state index contributed by atoms with van der Waals surface area (Å²) >= 11 is 6.54. The quantitative estimate of drug-likeness (QED) is 0.640. The lowest BCUT2D eigenvalue weighted by atomic mass is 10.0. The van der Waals surface area contributed by atoms with Gasteiger partial charge in [-0.05, 0) is 19.1 Å². The molecule has 1 amide bonds. The molecule has 0 unspecified atom stereocenters. The predicted octanol–water partition coefficient (Wildman–Crippen LogP) is 3.47. The van der Waals surface area contributed by atoms with E-state index in [0.29, 0.717) is 33.6 Å². The summed E-state index contributed by atoms with van der Waals surface area (Å²) in [6.45, 7) is 5.53. The molecule has 7 nitrogen and oxygen atoms in total. The highest BCUT2D eigenvalue weighted by atomic mass is 35.5. The van der Waals surface area contributed by atoms with E-state index in [1.54, 1.807) is 32.7 Å². The topological polar surface area (TPSA) is 86.2 Å². The number of ether oxygens (including phenoxy) is 2. The number of rotatable bonds is 6. The Kier molecular flexibility index (Phi) is 5.75. The number of methoxy groups -OCH3 is 2. The largest absolute Gasteiger partial charge is 0.496 e. The highest BCUT2D eigenvalue weighted by molar-refractivity contribution is 6.35. The van der Waals surface area contributed by atoms with Crippen molar-refractivity contribution in [2.24, 2.45) is 0 Å². The number of fused-ring (bicyclic) bond motifs is 1. The van der Waals surface area contributed by atoms with Gasteiger partial charge in [0.2, 0.25) is 5.91 Å². The average molecular weight is 399 g/mol. The smallest absolute Gasteiger partial charge is 0.243 e. The molecule has 0 aliphatic rings. The SMILES string of the molecule is C=CC(=O)NCc1ncc2cc(-c3c(C)c(OC)cc(OC)c3Cl)ncc2n1. The van der Waals surface area contributed by atoms with E-state index in [1.165, 1.54) is 6.08 Å². The second-order valence-electron chi connectivity index (χ2n) is 5.93. The summed E-state index contributed by atoms with van der Waals surface area (Å²) in [5, 5.41) is 3.89. The lowest BCUT2D eigenvalue weighted by Gasteiger charge is -2.15. The van der Waals surface area contributed by atoms with Gasteiger partial charge in [0, 0.05) is 28.8 Å². The fourth-order valence-corrected chi connectivity index (χ4v) is 3.17. The molecule has 1 aromatic carbocycles. The maximum atomic E-state index is 11.3. The van der Waals surface area contributed by atoms with Crippen molar-refractivity contribution in [2.45, 2.75) is 13.5 Å². The first kappa shape index (κ1) is 19.6. The molecular formula is C20H19ClN4O3. The van der Waals surface area contributed by atoms with Gasteiger partial charge in [0.25, 0.3) is 0 Å². The summed E-state index contributed by atoms with van der Waals surface area (Å²) in [7, 11) is 3.14. The molecule has 3 aromatic rings. The van der Waals surface area contributed by atoms with Gasteiger partial charge in [0.05, 0.1) is 43.2 Å². The third-order valence-electron chi connectivity index (χ3n) is 4.26. The zero-order chi connectivity index (χ0) is 20.3. The van der Waals surface area contributed by atoms with Crippen LogP contribution in [-0.2, 0) is 11.3 Å². The molecule has 0 radical (unpaired) electrons. The van der Waals surface area contributed by atoms with Gasteiger partial charge in [0.15, 0.2) is 0 Å². The summed E-state index contributed by atoms with van der Waals surface area (Å²) in [4.78, 5) is 24.5.